The van der Waals surface area contributed by atoms with E-state index in [0.29, 0.717) is 17.5 Å². The lowest BCUT2D eigenvalue weighted by Crippen LogP contribution is -2.09. The lowest BCUT2D eigenvalue weighted by molar-refractivity contribution is -0.116. The highest BCUT2D eigenvalue weighted by molar-refractivity contribution is 6.09. The Balaban J connectivity index is 1.95. The molecule has 4 heteroatoms. The van der Waals surface area contributed by atoms with Gasteiger partial charge in [0.25, 0.3) is 0 Å². The first-order valence-electron chi connectivity index (χ1n) is 6.86. The molecule has 106 valence electrons. The minimum absolute atomic E-state index is 0.00189. The monoisotopic (exact) mass is 283 g/mol. The Labute approximate surface area is 121 Å². The molecule has 0 aliphatic carbocycles. The number of rotatable bonds is 2. The smallest absolute Gasteiger partial charge is 0.224 e. The summed E-state index contributed by atoms with van der Waals surface area (Å²) >= 11 is 0. The van der Waals surface area contributed by atoms with Crippen LogP contribution in [0.25, 0.3) is 0 Å². The number of fused-ring (bicyclic) bond motifs is 1. The molecule has 0 saturated carbocycles. The predicted octanol–water partition coefficient (Wildman–Crippen LogP) is 3.33. The fraction of sp³-hybridized carbons (Fsp3) is 0.176. The summed E-state index contributed by atoms with van der Waals surface area (Å²) in [5.74, 6) is -0.645. The zero-order valence-electron chi connectivity index (χ0n) is 11.4. The van der Waals surface area contributed by atoms with Crippen molar-refractivity contribution in [1.29, 1.82) is 0 Å². The molecule has 0 aromatic heterocycles. The van der Waals surface area contributed by atoms with Crippen LogP contribution in [-0.2, 0) is 11.2 Å². The summed E-state index contributed by atoms with van der Waals surface area (Å²) in [7, 11) is 0. The molecule has 1 N–H and O–H groups in total. The van der Waals surface area contributed by atoms with Gasteiger partial charge in [-0.3, -0.25) is 9.59 Å². The molecule has 0 saturated heterocycles. The van der Waals surface area contributed by atoms with Crippen molar-refractivity contribution in [3.8, 4) is 0 Å². The van der Waals surface area contributed by atoms with Gasteiger partial charge in [0.2, 0.25) is 5.91 Å². The SMILES string of the molecule is O=C1CCCc2cc(C(=O)c3cccc(F)c3)ccc2N1. The van der Waals surface area contributed by atoms with E-state index in [-0.39, 0.29) is 11.7 Å². The molecule has 0 bridgehead atoms. The quantitative estimate of drug-likeness (QED) is 0.859. The van der Waals surface area contributed by atoms with Crippen LogP contribution in [-0.4, -0.2) is 11.7 Å². The largest absolute Gasteiger partial charge is 0.326 e. The summed E-state index contributed by atoms with van der Waals surface area (Å²) in [6, 6.07) is 10.8. The van der Waals surface area contributed by atoms with Crippen molar-refractivity contribution in [3.63, 3.8) is 0 Å². The molecule has 0 atom stereocenters. The summed E-state index contributed by atoms with van der Waals surface area (Å²) in [5.41, 5.74) is 2.54. The van der Waals surface area contributed by atoms with Crippen LogP contribution in [0.1, 0.15) is 34.3 Å². The average molecular weight is 283 g/mol. The molecule has 0 unspecified atom stereocenters. The average Bonchev–Trinajstić information content (AvgIpc) is 2.66. The number of aryl methyl sites for hydroxylation is 1. The Morgan fingerprint density at radius 1 is 1.05 bits per heavy atom. The van der Waals surface area contributed by atoms with E-state index in [9.17, 15) is 14.0 Å². The van der Waals surface area contributed by atoms with Crippen molar-refractivity contribution in [1.82, 2.24) is 0 Å². The highest BCUT2D eigenvalue weighted by Crippen LogP contribution is 2.24. The Bertz CT molecular complexity index is 724. The summed E-state index contributed by atoms with van der Waals surface area (Å²) in [4.78, 5) is 23.9. The van der Waals surface area contributed by atoms with Crippen LogP contribution in [0.5, 0.6) is 0 Å². The van der Waals surface area contributed by atoms with Gasteiger partial charge in [0.1, 0.15) is 5.82 Å². The third-order valence-electron chi connectivity index (χ3n) is 3.58. The van der Waals surface area contributed by atoms with Gasteiger partial charge in [-0.1, -0.05) is 12.1 Å². The molecule has 1 aliphatic heterocycles. The van der Waals surface area contributed by atoms with Gasteiger partial charge in [-0.25, -0.2) is 4.39 Å². The highest BCUT2D eigenvalue weighted by Gasteiger charge is 2.16. The molecule has 2 aromatic rings. The van der Waals surface area contributed by atoms with Gasteiger partial charge >= 0.3 is 0 Å². The summed E-state index contributed by atoms with van der Waals surface area (Å²) in [6.45, 7) is 0. The van der Waals surface area contributed by atoms with E-state index in [1.165, 1.54) is 18.2 Å². The Kier molecular flexibility index (Phi) is 3.52. The molecule has 1 aliphatic rings. The zero-order chi connectivity index (χ0) is 14.8. The Morgan fingerprint density at radius 3 is 2.67 bits per heavy atom. The van der Waals surface area contributed by atoms with Crippen LogP contribution in [0.4, 0.5) is 10.1 Å². The molecule has 3 nitrogen and oxygen atoms in total. The lowest BCUT2D eigenvalue weighted by atomic mass is 9.98. The molecular weight excluding hydrogens is 269 g/mol. The van der Waals surface area contributed by atoms with Crippen molar-refractivity contribution >= 4 is 17.4 Å². The van der Waals surface area contributed by atoms with Gasteiger partial charge < -0.3 is 5.32 Å². The molecule has 1 amide bonds. The number of amides is 1. The van der Waals surface area contributed by atoms with Crippen LogP contribution < -0.4 is 5.32 Å². The number of anilines is 1. The Hall–Kier alpha value is -2.49. The topological polar surface area (TPSA) is 46.2 Å². The summed E-state index contributed by atoms with van der Waals surface area (Å²) in [5, 5.41) is 2.83. The normalized spacial score (nSPS) is 14.0. The fourth-order valence-corrected chi connectivity index (χ4v) is 2.51. The highest BCUT2D eigenvalue weighted by atomic mass is 19.1. The van der Waals surface area contributed by atoms with E-state index in [4.69, 9.17) is 0 Å². The molecule has 0 radical (unpaired) electrons. The third-order valence-corrected chi connectivity index (χ3v) is 3.58. The molecule has 3 rings (SSSR count). The first-order chi connectivity index (χ1) is 10.1. The molecule has 0 fully saturated rings. The molecular formula is C17H14FNO2. The van der Waals surface area contributed by atoms with Gasteiger partial charge in [0.05, 0.1) is 0 Å². The van der Waals surface area contributed by atoms with E-state index in [1.807, 2.05) is 0 Å². The lowest BCUT2D eigenvalue weighted by Gasteiger charge is -2.09. The number of carbonyl (C=O) groups excluding carboxylic acids is 2. The summed E-state index contributed by atoms with van der Waals surface area (Å²) < 4.78 is 13.2. The van der Waals surface area contributed by atoms with Gasteiger partial charge in [0.15, 0.2) is 5.78 Å². The maximum atomic E-state index is 13.2. The number of ketones is 1. The van der Waals surface area contributed by atoms with Crippen molar-refractivity contribution in [2.24, 2.45) is 0 Å². The van der Waals surface area contributed by atoms with Crippen LogP contribution in [0.3, 0.4) is 0 Å². The van der Waals surface area contributed by atoms with Gasteiger partial charge in [0, 0.05) is 23.2 Å². The first kappa shape index (κ1) is 13.5. The second kappa shape index (κ2) is 5.48. The third kappa shape index (κ3) is 2.84. The van der Waals surface area contributed by atoms with E-state index >= 15 is 0 Å². The maximum Gasteiger partial charge on any atom is 0.224 e. The van der Waals surface area contributed by atoms with E-state index < -0.39 is 5.82 Å². The maximum absolute atomic E-state index is 13.2. The minimum atomic E-state index is -0.428. The zero-order valence-corrected chi connectivity index (χ0v) is 11.4. The van der Waals surface area contributed by atoms with Crippen LogP contribution in [0.2, 0.25) is 0 Å². The molecule has 2 aromatic carbocycles. The van der Waals surface area contributed by atoms with Crippen LogP contribution in [0, 0.1) is 5.82 Å². The standard InChI is InChI=1S/C17H14FNO2/c18-14-5-1-4-12(10-14)17(21)13-7-8-15-11(9-13)3-2-6-16(20)19-15/h1,4-5,7-10H,2-3,6H2,(H,19,20). The number of benzene rings is 2. The van der Waals surface area contributed by atoms with E-state index in [1.54, 1.807) is 24.3 Å². The minimum Gasteiger partial charge on any atom is -0.326 e. The Morgan fingerprint density at radius 2 is 1.86 bits per heavy atom. The van der Waals surface area contributed by atoms with E-state index in [0.717, 1.165) is 24.1 Å². The number of halogens is 1. The van der Waals surface area contributed by atoms with Crippen LogP contribution >= 0.6 is 0 Å². The second-order valence-corrected chi connectivity index (χ2v) is 5.11. The number of hydrogen-bond acceptors (Lipinski definition) is 2. The summed E-state index contributed by atoms with van der Waals surface area (Å²) in [6.07, 6.45) is 2.00. The van der Waals surface area contributed by atoms with Crippen LogP contribution in [0.15, 0.2) is 42.5 Å². The second-order valence-electron chi connectivity index (χ2n) is 5.11. The first-order valence-corrected chi connectivity index (χ1v) is 6.86. The number of carbonyl (C=O) groups is 2. The molecule has 0 spiro atoms. The van der Waals surface area contributed by atoms with Gasteiger partial charge in [-0.05, 0) is 48.7 Å². The molecule has 1 heterocycles. The fourth-order valence-electron chi connectivity index (χ4n) is 2.51. The van der Waals surface area contributed by atoms with Crippen molar-refractivity contribution < 1.29 is 14.0 Å². The van der Waals surface area contributed by atoms with Gasteiger partial charge in [-0.15, -0.1) is 0 Å². The predicted molar refractivity (Wildman–Crippen MR) is 77.8 cm³/mol. The van der Waals surface area contributed by atoms with Crippen molar-refractivity contribution in [2.75, 3.05) is 5.32 Å². The van der Waals surface area contributed by atoms with E-state index in [2.05, 4.69) is 5.32 Å². The number of nitrogens with one attached hydrogen (secondary N) is 1. The van der Waals surface area contributed by atoms with Crippen molar-refractivity contribution in [3.05, 3.63) is 65.0 Å². The number of hydrogen-bond donors (Lipinski definition) is 1. The van der Waals surface area contributed by atoms with Gasteiger partial charge in [-0.2, -0.15) is 0 Å². The van der Waals surface area contributed by atoms with Crippen molar-refractivity contribution in [2.45, 2.75) is 19.3 Å². The molecule has 21 heavy (non-hydrogen) atoms.